The summed E-state index contributed by atoms with van der Waals surface area (Å²) in [7, 11) is 3.19. The lowest BCUT2D eigenvalue weighted by Gasteiger charge is -2.14. The molecular formula is C46H52N2O8S2. The van der Waals surface area contributed by atoms with E-state index in [0.29, 0.717) is 69.2 Å². The Hall–Kier alpha value is -5.43. The van der Waals surface area contributed by atoms with E-state index in [2.05, 4.69) is 0 Å². The number of aryl methyl sites for hydroxylation is 2. The minimum Gasteiger partial charge on any atom is -0.496 e. The molecule has 306 valence electrons. The van der Waals surface area contributed by atoms with Gasteiger partial charge in [-0.3, -0.25) is 4.79 Å². The molecule has 0 saturated heterocycles. The number of para-hydroxylation sites is 2. The number of ether oxygens (including phenoxy) is 6. The first-order valence-electron chi connectivity index (χ1n) is 19.5. The van der Waals surface area contributed by atoms with Gasteiger partial charge in [0.1, 0.15) is 21.5 Å². The molecule has 0 aliphatic carbocycles. The van der Waals surface area contributed by atoms with Gasteiger partial charge in [0, 0.05) is 33.9 Å². The summed E-state index contributed by atoms with van der Waals surface area (Å²) in [5.74, 6) is 4.29. The van der Waals surface area contributed by atoms with Crippen LogP contribution in [0.3, 0.4) is 0 Å². The minimum absolute atomic E-state index is 0.0525. The van der Waals surface area contributed by atoms with Crippen LogP contribution < -0.4 is 28.4 Å². The Morgan fingerprint density at radius 2 is 1.09 bits per heavy atom. The maximum absolute atomic E-state index is 12.6. The molecule has 0 fully saturated rings. The van der Waals surface area contributed by atoms with Gasteiger partial charge >= 0.3 is 0 Å². The van der Waals surface area contributed by atoms with Crippen LogP contribution in [0.25, 0.3) is 21.1 Å². The van der Waals surface area contributed by atoms with Gasteiger partial charge in [-0.2, -0.15) is 0 Å². The smallest absolute Gasteiger partial charge is 0.166 e. The lowest BCUT2D eigenvalue weighted by atomic mass is 10.0. The van der Waals surface area contributed by atoms with E-state index in [1.54, 1.807) is 49.0 Å². The average Bonchev–Trinajstić information content (AvgIpc) is 3.94. The number of carbonyl (C=O) groups is 1. The van der Waals surface area contributed by atoms with E-state index < -0.39 is 6.10 Å². The quantitative estimate of drug-likeness (QED) is 0.0745. The van der Waals surface area contributed by atoms with Gasteiger partial charge in [0.2, 0.25) is 0 Å². The second kappa shape index (κ2) is 22.5. The zero-order chi connectivity index (χ0) is 41.3. The van der Waals surface area contributed by atoms with Crippen LogP contribution in [0, 0.1) is 0 Å². The van der Waals surface area contributed by atoms with Crippen molar-refractivity contribution in [1.82, 2.24) is 9.97 Å². The molecule has 2 heterocycles. The zero-order valence-corrected chi connectivity index (χ0v) is 35.6. The summed E-state index contributed by atoms with van der Waals surface area (Å²) < 4.78 is 33.3. The van der Waals surface area contributed by atoms with E-state index >= 15 is 0 Å². The normalized spacial score (nSPS) is 11.2. The maximum atomic E-state index is 12.6. The predicted molar refractivity (Wildman–Crippen MR) is 232 cm³/mol. The van der Waals surface area contributed by atoms with Crippen LogP contribution in [0.15, 0.2) is 95.7 Å². The van der Waals surface area contributed by atoms with E-state index in [9.17, 15) is 9.90 Å². The van der Waals surface area contributed by atoms with Crippen molar-refractivity contribution >= 4 is 28.5 Å². The summed E-state index contributed by atoms with van der Waals surface area (Å²) in [5, 5.41) is 16.4. The van der Waals surface area contributed by atoms with Crippen molar-refractivity contribution in [3.05, 3.63) is 118 Å². The molecule has 2 aromatic heterocycles. The first-order valence-corrected chi connectivity index (χ1v) is 21.2. The molecule has 1 atom stereocenters. The molecule has 0 bridgehead atoms. The molecule has 0 amide bonds. The van der Waals surface area contributed by atoms with E-state index in [0.717, 1.165) is 61.1 Å². The molecule has 0 aliphatic heterocycles. The van der Waals surface area contributed by atoms with Crippen molar-refractivity contribution < 1.29 is 38.3 Å². The highest BCUT2D eigenvalue weighted by Crippen LogP contribution is 2.36. The third-order valence-corrected chi connectivity index (χ3v) is 10.8. The van der Waals surface area contributed by atoms with Gasteiger partial charge in [-0.25, -0.2) is 9.97 Å². The molecular weight excluding hydrogens is 773 g/mol. The predicted octanol–water partition coefficient (Wildman–Crippen LogP) is 10.7. The summed E-state index contributed by atoms with van der Waals surface area (Å²) >= 11 is 3.15. The van der Waals surface area contributed by atoms with Crippen LogP contribution in [0.5, 0.6) is 34.5 Å². The Morgan fingerprint density at radius 1 is 0.603 bits per heavy atom. The molecule has 12 heteroatoms. The number of benzene rings is 4. The monoisotopic (exact) mass is 824 g/mol. The topological polar surface area (TPSA) is 118 Å². The first-order chi connectivity index (χ1) is 28.3. The SMILES string of the molecule is CCOc1ccc(-c2nc(CCC(=O)c3ccccc3OC)cs2)cc1OCC.CCOc1ccc(-c2nc(CCC(O)c3ccccc3OC)cs2)cc1OCC. The van der Waals surface area contributed by atoms with Gasteiger partial charge in [0.15, 0.2) is 28.8 Å². The molecule has 0 radical (unpaired) electrons. The van der Waals surface area contributed by atoms with Crippen LogP contribution in [-0.2, 0) is 12.8 Å². The lowest BCUT2D eigenvalue weighted by Crippen LogP contribution is -2.03. The fourth-order valence-corrected chi connectivity index (χ4v) is 7.81. The van der Waals surface area contributed by atoms with Crippen molar-refractivity contribution in [3.63, 3.8) is 0 Å². The van der Waals surface area contributed by atoms with Crippen molar-refractivity contribution in [3.8, 4) is 55.6 Å². The molecule has 6 aromatic rings. The van der Waals surface area contributed by atoms with Crippen LogP contribution in [0.4, 0.5) is 0 Å². The van der Waals surface area contributed by atoms with Crippen LogP contribution in [0.2, 0.25) is 0 Å². The third-order valence-electron chi connectivity index (χ3n) is 8.87. The van der Waals surface area contributed by atoms with Gasteiger partial charge in [-0.15, -0.1) is 22.7 Å². The number of thiazole rings is 2. The summed E-state index contributed by atoms with van der Waals surface area (Å²) in [4.78, 5) is 22.0. The fraction of sp³-hybridized carbons (Fsp3) is 0.326. The van der Waals surface area contributed by atoms with Crippen LogP contribution in [-0.4, -0.2) is 61.5 Å². The summed E-state index contributed by atoms with van der Waals surface area (Å²) in [5.41, 5.74) is 5.25. The largest absolute Gasteiger partial charge is 0.496 e. The molecule has 0 saturated carbocycles. The number of carbonyl (C=O) groups excluding carboxylic acids is 1. The lowest BCUT2D eigenvalue weighted by molar-refractivity contribution is 0.0979. The highest BCUT2D eigenvalue weighted by molar-refractivity contribution is 7.13. The van der Waals surface area contributed by atoms with E-state index in [1.165, 1.54) is 0 Å². The Balaban J connectivity index is 0.000000221. The molecule has 4 aromatic carbocycles. The first kappa shape index (κ1) is 43.7. The minimum atomic E-state index is -0.591. The van der Waals surface area contributed by atoms with Crippen LogP contribution in [0.1, 0.15) is 73.9 Å². The van der Waals surface area contributed by atoms with E-state index in [4.69, 9.17) is 38.4 Å². The Labute approximate surface area is 349 Å². The standard InChI is InChI=1S/C23H27NO4S.C23H25NO4S/c2*1-4-27-21-13-10-16(14-22(21)28-5-2)23-24-17(15-29-23)11-12-19(25)18-8-6-7-9-20(18)26-3/h6-10,13-15,19,25H,4-5,11-12H2,1-3H3;6-10,13-15H,4-5,11-12H2,1-3H3. The van der Waals surface area contributed by atoms with Crippen molar-refractivity contribution in [1.29, 1.82) is 0 Å². The highest BCUT2D eigenvalue weighted by Gasteiger charge is 2.17. The van der Waals surface area contributed by atoms with Crippen molar-refractivity contribution in [2.45, 2.75) is 59.5 Å². The number of hydrogen-bond donors (Lipinski definition) is 1. The molecule has 1 N–H and O–H groups in total. The number of aliphatic hydroxyl groups excluding tert-OH is 1. The third kappa shape index (κ3) is 11.8. The molecule has 1 unspecified atom stereocenters. The van der Waals surface area contributed by atoms with Gasteiger partial charge < -0.3 is 33.5 Å². The fourth-order valence-electron chi connectivity index (χ4n) is 6.11. The number of ketones is 1. The highest BCUT2D eigenvalue weighted by atomic mass is 32.1. The van der Waals surface area contributed by atoms with Gasteiger partial charge in [-0.05, 0) is 102 Å². The summed E-state index contributed by atoms with van der Waals surface area (Å²) in [6, 6.07) is 26.6. The molecule has 58 heavy (non-hydrogen) atoms. The van der Waals surface area contributed by atoms with Gasteiger partial charge in [-0.1, -0.05) is 30.3 Å². The molecule has 6 rings (SSSR count). The Kier molecular flexibility index (Phi) is 16.9. The Morgan fingerprint density at radius 3 is 1.62 bits per heavy atom. The number of nitrogens with zero attached hydrogens (tertiary/aromatic N) is 2. The van der Waals surface area contributed by atoms with Crippen LogP contribution >= 0.6 is 22.7 Å². The number of hydrogen-bond acceptors (Lipinski definition) is 12. The molecule has 0 spiro atoms. The number of rotatable bonds is 20. The number of methoxy groups -OCH3 is 2. The maximum Gasteiger partial charge on any atom is 0.166 e. The summed E-state index contributed by atoms with van der Waals surface area (Å²) in [6.45, 7) is 10.1. The summed E-state index contributed by atoms with van der Waals surface area (Å²) in [6.07, 6.45) is 1.65. The number of Topliss-reactive ketones (excluding diaryl/α,β-unsaturated/α-hetero) is 1. The zero-order valence-electron chi connectivity index (χ0n) is 34.0. The Bertz CT molecular complexity index is 2200. The second-order valence-corrected chi connectivity index (χ2v) is 14.5. The number of aliphatic hydroxyl groups is 1. The number of aromatic nitrogens is 2. The van der Waals surface area contributed by atoms with E-state index in [-0.39, 0.29) is 5.78 Å². The van der Waals surface area contributed by atoms with Crippen molar-refractivity contribution in [2.24, 2.45) is 0 Å². The van der Waals surface area contributed by atoms with Crippen molar-refractivity contribution in [2.75, 3.05) is 40.6 Å². The second-order valence-electron chi connectivity index (χ2n) is 12.8. The molecule has 10 nitrogen and oxygen atoms in total. The molecule has 0 aliphatic rings. The average molecular weight is 825 g/mol. The van der Waals surface area contributed by atoms with Gasteiger partial charge in [0.05, 0.1) is 63.7 Å². The van der Waals surface area contributed by atoms with E-state index in [1.807, 2.05) is 111 Å². The van der Waals surface area contributed by atoms with Gasteiger partial charge in [0.25, 0.3) is 0 Å².